The van der Waals surface area contributed by atoms with Gasteiger partial charge in [0.15, 0.2) is 0 Å². The van der Waals surface area contributed by atoms with Crippen LogP contribution in [-0.2, 0) is 33.4 Å². The highest BCUT2D eigenvalue weighted by molar-refractivity contribution is 7.90. The summed E-state index contributed by atoms with van der Waals surface area (Å²) in [5.41, 5.74) is 1.05. The molecule has 0 aliphatic carbocycles. The number of rotatable bonds is 8. The van der Waals surface area contributed by atoms with E-state index in [1.165, 1.54) is 24.3 Å². The van der Waals surface area contributed by atoms with Crippen molar-refractivity contribution in [2.24, 2.45) is 0 Å². The fraction of sp³-hybridized carbons (Fsp3) is 0.211. The highest BCUT2D eigenvalue weighted by Gasteiger charge is 2.24. The number of amides is 1. The zero-order valence-corrected chi connectivity index (χ0v) is 15.7. The van der Waals surface area contributed by atoms with Crippen LogP contribution >= 0.6 is 0 Å². The molecule has 0 saturated carbocycles. The monoisotopic (exact) mass is 403 g/mol. The van der Waals surface area contributed by atoms with Gasteiger partial charge in [0.25, 0.3) is 0 Å². The van der Waals surface area contributed by atoms with Gasteiger partial charge in [-0.05, 0) is 18.1 Å². The van der Waals surface area contributed by atoms with E-state index in [1.807, 2.05) is 30.3 Å². The second kappa shape index (κ2) is 8.75. The lowest BCUT2D eigenvalue weighted by Gasteiger charge is -2.03. The van der Waals surface area contributed by atoms with Gasteiger partial charge in [0.05, 0.1) is 12.3 Å². The zero-order chi connectivity index (χ0) is 20.0. The maximum atomic E-state index is 13.7. The molecular formula is C19H18FN3O4S. The summed E-state index contributed by atoms with van der Waals surface area (Å²) in [4.78, 5) is 11.9. The van der Waals surface area contributed by atoms with E-state index in [0.717, 1.165) is 5.56 Å². The number of aromatic nitrogens is 2. The maximum absolute atomic E-state index is 13.7. The SMILES string of the molecule is O=C(CCc1ccccc1)NCc1nnc(S(=O)(=O)Cc2ccccc2F)o1. The summed E-state index contributed by atoms with van der Waals surface area (Å²) in [6.07, 6.45) is 0.857. The molecule has 0 spiro atoms. The van der Waals surface area contributed by atoms with E-state index < -0.39 is 26.6 Å². The number of hydrogen-bond donors (Lipinski definition) is 1. The van der Waals surface area contributed by atoms with Crippen LogP contribution in [0, 0.1) is 5.82 Å². The average Bonchev–Trinajstić information content (AvgIpc) is 3.17. The standard InChI is InChI=1S/C19H18FN3O4S/c20-16-9-5-4-8-15(16)13-28(25,26)19-23-22-18(27-19)12-21-17(24)11-10-14-6-2-1-3-7-14/h1-9H,10-13H2,(H,21,24). The van der Waals surface area contributed by atoms with Gasteiger partial charge in [-0.25, -0.2) is 12.8 Å². The second-order valence-electron chi connectivity index (χ2n) is 6.07. The van der Waals surface area contributed by atoms with Crippen molar-refractivity contribution in [2.45, 2.75) is 30.4 Å². The Morgan fingerprint density at radius 2 is 1.75 bits per heavy atom. The van der Waals surface area contributed by atoms with Gasteiger partial charge in [0.1, 0.15) is 5.82 Å². The Hall–Kier alpha value is -3.07. The van der Waals surface area contributed by atoms with Gasteiger partial charge in [0, 0.05) is 12.0 Å². The Labute approximate surface area is 161 Å². The molecule has 2 aromatic carbocycles. The number of benzene rings is 2. The van der Waals surface area contributed by atoms with Crippen LogP contribution in [0.3, 0.4) is 0 Å². The minimum atomic E-state index is -3.99. The van der Waals surface area contributed by atoms with Crippen molar-refractivity contribution in [3.05, 3.63) is 77.4 Å². The van der Waals surface area contributed by atoms with Gasteiger partial charge in [-0.3, -0.25) is 4.79 Å². The average molecular weight is 403 g/mol. The normalized spacial score (nSPS) is 11.3. The number of halogens is 1. The Morgan fingerprint density at radius 3 is 2.50 bits per heavy atom. The molecule has 1 aromatic heterocycles. The number of nitrogens with one attached hydrogen (secondary N) is 1. The Balaban J connectivity index is 1.55. The summed E-state index contributed by atoms with van der Waals surface area (Å²) in [5.74, 6) is -1.49. The number of hydrogen-bond acceptors (Lipinski definition) is 6. The molecule has 1 amide bonds. The Kier molecular flexibility index (Phi) is 6.15. The Morgan fingerprint density at radius 1 is 1.04 bits per heavy atom. The molecule has 0 aliphatic heterocycles. The molecule has 3 aromatic rings. The number of carbonyl (C=O) groups is 1. The van der Waals surface area contributed by atoms with Crippen molar-refractivity contribution in [2.75, 3.05) is 0 Å². The van der Waals surface area contributed by atoms with E-state index >= 15 is 0 Å². The summed E-state index contributed by atoms with van der Waals surface area (Å²) < 4.78 is 43.4. The fourth-order valence-electron chi connectivity index (χ4n) is 2.48. The van der Waals surface area contributed by atoms with Gasteiger partial charge < -0.3 is 9.73 Å². The maximum Gasteiger partial charge on any atom is 0.335 e. The first kappa shape index (κ1) is 19.7. The smallest absolute Gasteiger partial charge is 0.335 e. The van der Waals surface area contributed by atoms with Crippen molar-refractivity contribution >= 4 is 15.7 Å². The van der Waals surface area contributed by atoms with Crippen molar-refractivity contribution in [3.63, 3.8) is 0 Å². The van der Waals surface area contributed by atoms with E-state index in [9.17, 15) is 17.6 Å². The van der Waals surface area contributed by atoms with Gasteiger partial charge in [-0.2, -0.15) is 0 Å². The summed E-state index contributed by atoms with van der Waals surface area (Å²) in [5, 5.41) is 9.13. The van der Waals surface area contributed by atoms with Gasteiger partial charge in [0.2, 0.25) is 21.6 Å². The summed E-state index contributed by atoms with van der Waals surface area (Å²) in [6, 6.07) is 15.1. The van der Waals surface area contributed by atoms with Crippen LogP contribution in [0.1, 0.15) is 23.4 Å². The predicted molar refractivity (Wildman–Crippen MR) is 98.2 cm³/mol. The highest BCUT2D eigenvalue weighted by Crippen LogP contribution is 2.17. The third-order valence-electron chi connectivity index (χ3n) is 3.94. The van der Waals surface area contributed by atoms with E-state index in [2.05, 4.69) is 15.5 Å². The molecule has 9 heteroatoms. The van der Waals surface area contributed by atoms with Crippen molar-refractivity contribution < 1.29 is 22.0 Å². The van der Waals surface area contributed by atoms with Crippen LogP contribution in [0.5, 0.6) is 0 Å². The number of carbonyl (C=O) groups excluding carboxylic acids is 1. The summed E-state index contributed by atoms with van der Waals surface area (Å²) in [6.45, 7) is -0.0875. The highest BCUT2D eigenvalue weighted by atomic mass is 32.2. The molecule has 3 rings (SSSR count). The van der Waals surface area contributed by atoms with E-state index in [4.69, 9.17) is 4.42 Å². The van der Waals surface area contributed by atoms with E-state index in [-0.39, 0.29) is 30.3 Å². The molecule has 1 heterocycles. The first-order chi connectivity index (χ1) is 13.4. The second-order valence-corrected chi connectivity index (χ2v) is 7.94. The quantitative estimate of drug-likeness (QED) is 0.620. The first-order valence-electron chi connectivity index (χ1n) is 8.53. The number of nitrogens with zero attached hydrogens (tertiary/aromatic N) is 2. The first-order valence-corrected chi connectivity index (χ1v) is 10.2. The summed E-state index contributed by atoms with van der Waals surface area (Å²) >= 11 is 0. The molecule has 0 bridgehead atoms. The molecule has 0 unspecified atom stereocenters. The molecular weight excluding hydrogens is 385 g/mol. The predicted octanol–water partition coefficient (Wildman–Crippen LogP) is 2.43. The van der Waals surface area contributed by atoms with Crippen LogP contribution < -0.4 is 5.32 Å². The molecule has 28 heavy (non-hydrogen) atoms. The number of sulfone groups is 1. The van der Waals surface area contributed by atoms with Crippen LogP contribution in [0.2, 0.25) is 0 Å². The largest absolute Gasteiger partial charge is 0.411 e. The van der Waals surface area contributed by atoms with E-state index in [1.54, 1.807) is 0 Å². The molecule has 1 N–H and O–H groups in total. The molecule has 0 fully saturated rings. The van der Waals surface area contributed by atoms with E-state index in [0.29, 0.717) is 6.42 Å². The number of aryl methyl sites for hydroxylation is 1. The van der Waals surface area contributed by atoms with Crippen LogP contribution in [0.4, 0.5) is 4.39 Å². The van der Waals surface area contributed by atoms with Crippen LogP contribution in [0.25, 0.3) is 0 Å². The molecule has 146 valence electrons. The van der Waals surface area contributed by atoms with Crippen LogP contribution in [-0.4, -0.2) is 24.5 Å². The summed E-state index contributed by atoms with van der Waals surface area (Å²) in [7, 11) is -3.99. The third-order valence-corrected chi connectivity index (χ3v) is 5.33. The van der Waals surface area contributed by atoms with Crippen molar-refractivity contribution in [3.8, 4) is 0 Å². The lowest BCUT2D eigenvalue weighted by Crippen LogP contribution is -2.23. The molecule has 0 atom stereocenters. The molecule has 7 nitrogen and oxygen atoms in total. The molecule has 0 aliphatic rings. The molecule has 0 radical (unpaired) electrons. The van der Waals surface area contributed by atoms with Gasteiger partial charge in [-0.15, -0.1) is 5.10 Å². The fourth-order valence-corrected chi connectivity index (χ4v) is 3.64. The van der Waals surface area contributed by atoms with Crippen molar-refractivity contribution in [1.29, 1.82) is 0 Å². The topological polar surface area (TPSA) is 102 Å². The molecule has 0 saturated heterocycles. The van der Waals surface area contributed by atoms with Crippen molar-refractivity contribution in [1.82, 2.24) is 15.5 Å². The van der Waals surface area contributed by atoms with Gasteiger partial charge >= 0.3 is 5.22 Å². The zero-order valence-electron chi connectivity index (χ0n) is 14.8. The Bertz CT molecular complexity index is 1050. The van der Waals surface area contributed by atoms with Crippen LogP contribution in [0.15, 0.2) is 64.2 Å². The lowest BCUT2D eigenvalue weighted by molar-refractivity contribution is -0.121. The minimum absolute atomic E-state index is 0.0106. The van der Waals surface area contributed by atoms with Gasteiger partial charge in [-0.1, -0.05) is 53.6 Å². The lowest BCUT2D eigenvalue weighted by atomic mass is 10.1. The third kappa shape index (κ3) is 5.23. The minimum Gasteiger partial charge on any atom is -0.411 e.